The fourth-order valence-corrected chi connectivity index (χ4v) is 5.38. The van der Waals surface area contributed by atoms with E-state index in [-0.39, 0.29) is 11.8 Å². The van der Waals surface area contributed by atoms with Gasteiger partial charge in [-0.1, -0.05) is 78.0 Å². The first kappa shape index (κ1) is 22.4. The van der Waals surface area contributed by atoms with E-state index in [0.29, 0.717) is 29.4 Å². The lowest BCUT2D eigenvalue weighted by molar-refractivity contribution is -0.121. The van der Waals surface area contributed by atoms with Gasteiger partial charge in [0.2, 0.25) is 0 Å². The maximum atomic E-state index is 13.6. The highest BCUT2D eigenvalue weighted by atomic mass is 32.2. The van der Waals surface area contributed by atoms with Crippen molar-refractivity contribution in [1.29, 1.82) is 0 Å². The summed E-state index contributed by atoms with van der Waals surface area (Å²) < 4.78 is 0. The maximum absolute atomic E-state index is 13.6. The Morgan fingerprint density at radius 3 is 2.00 bits per heavy atom. The zero-order valence-corrected chi connectivity index (χ0v) is 20.0. The average molecular weight is 470 g/mol. The lowest BCUT2D eigenvalue weighted by atomic mass is 10.2. The van der Waals surface area contributed by atoms with Gasteiger partial charge in [0.05, 0.1) is 5.69 Å². The van der Waals surface area contributed by atoms with E-state index < -0.39 is 0 Å². The molecule has 0 saturated carbocycles. The second-order valence-corrected chi connectivity index (χ2v) is 9.71. The standard InChI is InChI=1S/C28H27N3O2S/c1-21-12-14-24(15-13-21)34-26-25(27(32)31(28(26)33)23-10-6-3-7-11-23)30-18-16-29(17-19-30)20-22-8-4-2-5-9-22/h2-15H,16-20H2,1H3. The van der Waals surface area contributed by atoms with E-state index in [9.17, 15) is 9.59 Å². The van der Waals surface area contributed by atoms with Crippen molar-refractivity contribution in [2.45, 2.75) is 18.4 Å². The highest BCUT2D eigenvalue weighted by Crippen LogP contribution is 2.39. The number of amides is 2. The molecule has 0 radical (unpaired) electrons. The van der Waals surface area contributed by atoms with Gasteiger partial charge in [0.15, 0.2) is 0 Å². The van der Waals surface area contributed by atoms with Crippen molar-refractivity contribution >= 4 is 29.3 Å². The van der Waals surface area contributed by atoms with E-state index in [2.05, 4.69) is 34.1 Å². The van der Waals surface area contributed by atoms with Crippen molar-refractivity contribution in [2.75, 3.05) is 31.1 Å². The highest BCUT2D eigenvalue weighted by Gasteiger charge is 2.43. The van der Waals surface area contributed by atoms with Crippen molar-refractivity contribution in [3.05, 3.63) is 107 Å². The van der Waals surface area contributed by atoms with Crippen molar-refractivity contribution in [3.63, 3.8) is 0 Å². The van der Waals surface area contributed by atoms with E-state index >= 15 is 0 Å². The van der Waals surface area contributed by atoms with Crippen LogP contribution in [0, 0.1) is 6.92 Å². The lowest BCUT2D eigenvalue weighted by Crippen LogP contribution is -2.47. The summed E-state index contributed by atoms with van der Waals surface area (Å²) >= 11 is 1.39. The first-order valence-electron chi connectivity index (χ1n) is 11.5. The lowest BCUT2D eigenvalue weighted by Gasteiger charge is -2.36. The first-order chi connectivity index (χ1) is 16.6. The molecule has 172 valence electrons. The molecule has 2 aliphatic heterocycles. The molecular weight excluding hydrogens is 442 g/mol. The molecule has 3 aromatic carbocycles. The largest absolute Gasteiger partial charge is 0.363 e. The number of piperazine rings is 1. The highest BCUT2D eigenvalue weighted by molar-refractivity contribution is 8.04. The van der Waals surface area contributed by atoms with Gasteiger partial charge in [0.25, 0.3) is 11.8 Å². The molecule has 2 heterocycles. The van der Waals surface area contributed by atoms with Gasteiger partial charge >= 0.3 is 0 Å². The number of hydrogen-bond acceptors (Lipinski definition) is 5. The molecule has 1 saturated heterocycles. The Labute approximate surface area is 204 Å². The summed E-state index contributed by atoms with van der Waals surface area (Å²) in [5.41, 5.74) is 3.58. The zero-order valence-electron chi connectivity index (χ0n) is 19.2. The number of anilines is 1. The van der Waals surface area contributed by atoms with E-state index in [0.717, 1.165) is 30.1 Å². The van der Waals surface area contributed by atoms with E-state index in [4.69, 9.17) is 0 Å². The molecule has 2 amide bonds. The van der Waals surface area contributed by atoms with Gasteiger partial charge in [-0.2, -0.15) is 0 Å². The molecule has 0 spiro atoms. The smallest absolute Gasteiger partial charge is 0.283 e. The fraction of sp³-hybridized carbons (Fsp3) is 0.214. The van der Waals surface area contributed by atoms with Gasteiger partial charge in [-0.3, -0.25) is 14.5 Å². The Bertz CT molecular complexity index is 1200. The topological polar surface area (TPSA) is 43.9 Å². The van der Waals surface area contributed by atoms with Crippen LogP contribution in [0.3, 0.4) is 0 Å². The molecule has 5 rings (SSSR count). The summed E-state index contributed by atoms with van der Waals surface area (Å²) in [5, 5.41) is 0. The number of benzene rings is 3. The molecule has 0 unspecified atom stereocenters. The predicted octanol–water partition coefficient (Wildman–Crippen LogP) is 4.69. The van der Waals surface area contributed by atoms with Gasteiger partial charge in [-0.15, -0.1) is 0 Å². The molecule has 0 N–H and O–H groups in total. The van der Waals surface area contributed by atoms with Crippen LogP contribution in [0.15, 0.2) is 100 Å². The molecule has 3 aromatic rings. The van der Waals surface area contributed by atoms with Crippen molar-refractivity contribution in [3.8, 4) is 0 Å². The zero-order chi connectivity index (χ0) is 23.5. The number of para-hydroxylation sites is 1. The summed E-state index contributed by atoms with van der Waals surface area (Å²) in [4.78, 5) is 34.4. The van der Waals surface area contributed by atoms with Gasteiger partial charge in [0.1, 0.15) is 10.6 Å². The van der Waals surface area contributed by atoms with Gasteiger partial charge < -0.3 is 4.90 Å². The minimum absolute atomic E-state index is 0.234. The number of hydrogen-bond donors (Lipinski definition) is 0. The fourth-order valence-electron chi connectivity index (χ4n) is 4.38. The normalized spacial score (nSPS) is 17.1. The number of rotatable bonds is 6. The van der Waals surface area contributed by atoms with Gasteiger partial charge in [-0.25, -0.2) is 4.90 Å². The van der Waals surface area contributed by atoms with Gasteiger partial charge in [-0.05, 0) is 36.8 Å². The molecule has 5 nitrogen and oxygen atoms in total. The summed E-state index contributed by atoms with van der Waals surface area (Å²) in [6.45, 7) is 6.03. The number of aryl methyl sites for hydroxylation is 1. The summed E-state index contributed by atoms with van der Waals surface area (Å²) in [6, 6.07) is 27.7. The molecule has 6 heteroatoms. The Morgan fingerprint density at radius 1 is 0.735 bits per heavy atom. The SMILES string of the molecule is Cc1ccc(SC2=C(N3CCN(Cc4ccccc4)CC3)C(=O)N(c3ccccc3)C2=O)cc1. The molecule has 0 atom stereocenters. The van der Waals surface area contributed by atoms with Crippen molar-refractivity contribution < 1.29 is 9.59 Å². The van der Waals surface area contributed by atoms with Crippen LogP contribution in [0.4, 0.5) is 5.69 Å². The predicted molar refractivity (Wildman–Crippen MR) is 136 cm³/mol. The summed E-state index contributed by atoms with van der Waals surface area (Å²) in [5.74, 6) is -0.481. The second-order valence-electron chi connectivity index (χ2n) is 8.62. The molecule has 2 aliphatic rings. The number of thioether (sulfide) groups is 1. The molecular formula is C28H27N3O2S. The van der Waals surface area contributed by atoms with Crippen molar-refractivity contribution in [1.82, 2.24) is 9.80 Å². The monoisotopic (exact) mass is 469 g/mol. The van der Waals surface area contributed by atoms with Crippen LogP contribution in [0.25, 0.3) is 0 Å². The minimum Gasteiger partial charge on any atom is -0.363 e. The van der Waals surface area contributed by atoms with Crippen molar-refractivity contribution in [2.24, 2.45) is 0 Å². The van der Waals surface area contributed by atoms with Crippen LogP contribution in [0.5, 0.6) is 0 Å². The molecule has 0 bridgehead atoms. The van der Waals surface area contributed by atoms with E-state index in [1.165, 1.54) is 22.2 Å². The number of imide groups is 1. The number of nitrogens with zero attached hydrogens (tertiary/aromatic N) is 3. The Hall–Kier alpha value is -3.35. The first-order valence-corrected chi connectivity index (χ1v) is 12.4. The van der Waals surface area contributed by atoms with Crippen LogP contribution >= 0.6 is 11.8 Å². The Morgan fingerprint density at radius 2 is 1.35 bits per heavy atom. The Balaban J connectivity index is 1.40. The Kier molecular flexibility index (Phi) is 6.52. The minimum atomic E-state index is -0.247. The maximum Gasteiger partial charge on any atom is 0.283 e. The molecule has 0 aromatic heterocycles. The van der Waals surface area contributed by atoms with Crippen LogP contribution in [-0.2, 0) is 16.1 Å². The third-order valence-corrected chi connectivity index (χ3v) is 7.29. The van der Waals surface area contributed by atoms with E-state index in [1.807, 2.05) is 67.6 Å². The van der Waals surface area contributed by atoms with Crippen LogP contribution < -0.4 is 4.90 Å². The molecule has 34 heavy (non-hydrogen) atoms. The van der Waals surface area contributed by atoms with Crippen LogP contribution in [0.2, 0.25) is 0 Å². The molecule has 1 fully saturated rings. The summed E-state index contributed by atoms with van der Waals surface area (Å²) in [6.07, 6.45) is 0. The third kappa shape index (κ3) is 4.65. The van der Waals surface area contributed by atoms with Gasteiger partial charge in [0, 0.05) is 37.6 Å². The molecule has 0 aliphatic carbocycles. The van der Waals surface area contributed by atoms with Crippen LogP contribution in [-0.4, -0.2) is 47.8 Å². The average Bonchev–Trinajstić information content (AvgIpc) is 3.11. The number of carbonyl (C=O) groups is 2. The second kappa shape index (κ2) is 9.87. The summed E-state index contributed by atoms with van der Waals surface area (Å²) in [7, 11) is 0. The van der Waals surface area contributed by atoms with Crippen LogP contribution in [0.1, 0.15) is 11.1 Å². The number of carbonyl (C=O) groups excluding carboxylic acids is 2. The quantitative estimate of drug-likeness (QED) is 0.490. The van der Waals surface area contributed by atoms with E-state index in [1.54, 1.807) is 0 Å². The third-order valence-electron chi connectivity index (χ3n) is 6.21.